The van der Waals surface area contributed by atoms with Gasteiger partial charge in [0.05, 0.1) is 18.3 Å². The van der Waals surface area contributed by atoms with Crippen LogP contribution in [0.25, 0.3) is 0 Å². The molecule has 1 aromatic rings. The maximum absolute atomic E-state index is 11.4. The molecule has 1 aromatic carbocycles. The first kappa shape index (κ1) is 14.4. The molecule has 3 nitrogen and oxygen atoms in total. The monoisotopic (exact) mass is 285 g/mol. The molecular formula is C18H23NO2. The first-order chi connectivity index (χ1) is 10.0. The van der Waals surface area contributed by atoms with Crippen LogP contribution in [0.2, 0.25) is 0 Å². The molecule has 0 spiro atoms. The van der Waals surface area contributed by atoms with Crippen molar-refractivity contribution in [2.45, 2.75) is 50.5 Å². The number of benzene rings is 1. The number of aliphatic hydroxyl groups is 1. The Morgan fingerprint density at radius 1 is 1.24 bits per heavy atom. The van der Waals surface area contributed by atoms with Gasteiger partial charge in [0.15, 0.2) is 0 Å². The Morgan fingerprint density at radius 3 is 2.71 bits per heavy atom. The SMILES string of the molecule is CC1CCC(O)(C2(C#N)CCOc3ccccc32)CC1C. The first-order valence-corrected chi connectivity index (χ1v) is 7.88. The molecule has 112 valence electrons. The third-order valence-electron chi connectivity index (χ3n) is 5.71. The molecule has 1 heterocycles. The largest absolute Gasteiger partial charge is 0.493 e. The Kier molecular flexibility index (Phi) is 3.45. The van der Waals surface area contributed by atoms with Crippen molar-refractivity contribution >= 4 is 0 Å². The zero-order valence-corrected chi connectivity index (χ0v) is 12.8. The van der Waals surface area contributed by atoms with E-state index in [0.717, 1.165) is 17.7 Å². The predicted molar refractivity (Wildman–Crippen MR) is 81.0 cm³/mol. The number of nitriles is 1. The lowest BCUT2D eigenvalue weighted by Crippen LogP contribution is -2.56. The first-order valence-electron chi connectivity index (χ1n) is 7.88. The third-order valence-corrected chi connectivity index (χ3v) is 5.71. The third kappa shape index (κ3) is 2.05. The van der Waals surface area contributed by atoms with Gasteiger partial charge in [-0.05, 0) is 37.2 Å². The maximum atomic E-state index is 11.4. The number of hydrogen-bond donors (Lipinski definition) is 1. The summed E-state index contributed by atoms with van der Waals surface area (Å²) in [7, 11) is 0. The molecule has 0 amide bonds. The van der Waals surface area contributed by atoms with Gasteiger partial charge in [0.1, 0.15) is 11.2 Å². The van der Waals surface area contributed by atoms with Crippen LogP contribution < -0.4 is 4.74 Å². The van der Waals surface area contributed by atoms with E-state index in [4.69, 9.17) is 4.74 Å². The minimum absolute atomic E-state index is 0.434. The highest BCUT2D eigenvalue weighted by atomic mass is 16.5. The summed E-state index contributed by atoms with van der Waals surface area (Å²) in [6, 6.07) is 10.2. The summed E-state index contributed by atoms with van der Waals surface area (Å²) in [6.45, 7) is 4.92. The van der Waals surface area contributed by atoms with Crippen LogP contribution in [0.3, 0.4) is 0 Å². The Morgan fingerprint density at radius 2 is 2.00 bits per heavy atom. The number of ether oxygens (including phenoxy) is 1. The van der Waals surface area contributed by atoms with Gasteiger partial charge in [0, 0.05) is 12.0 Å². The van der Waals surface area contributed by atoms with Crippen LogP contribution >= 0.6 is 0 Å². The fraction of sp³-hybridized carbons (Fsp3) is 0.611. The average molecular weight is 285 g/mol. The van der Waals surface area contributed by atoms with Crippen LogP contribution in [-0.2, 0) is 5.41 Å². The van der Waals surface area contributed by atoms with Gasteiger partial charge < -0.3 is 9.84 Å². The van der Waals surface area contributed by atoms with Crippen molar-refractivity contribution in [1.29, 1.82) is 5.26 Å². The van der Waals surface area contributed by atoms with E-state index in [-0.39, 0.29) is 0 Å². The molecule has 3 heteroatoms. The summed E-state index contributed by atoms with van der Waals surface area (Å²) in [5.41, 5.74) is -0.924. The lowest BCUT2D eigenvalue weighted by Gasteiger charge is -2.50. The highest BCUT2D eigenvalue weighted by Gasteiger charge is 2.56. The van der Waals surface area contributed by atoms with E-state index >= 15 is 0 Å². The van der Waals surface area contributed by atoms with Crippen molar-refractivity contribution in [1.82, 2.24) is 0 Å². The summed E-state index contributed by atoms with van der Waals surface area (Å²) < 4.78 is 5.70. The minimum Gasteiger partial charge on any atom is -0.493 e. The highest BCUT2D eigenvalue weighted by molar-refractivity contribution is 5.48. The Bertz CT molecular complexity index is 579. The van der Waals surface area contributed by atoms with Crippen molar-refractivity contribution in [3.8, 4) is 11.8 Å². The topological polar surface area (TPSA) is 53.2 Å². The normalized spacial score (nSPS) is 39.0. The number of para-hydroxylation sites is 1. The van der Waals surface area contributed by atoms with Gasteiger partial charge in [-0.1, -0.05) is 32.0 Å². The van der Waals surface area contributed by atoms with Gasteiger partial charge in [-0.3, -0.25) is 0 Å². The Labute approximate surface area is 126 Å². The van der Waals surface area contributed by atoms with Crippen LogP contribution in [-0.4, -0.2) is 17.3 Å². The summed E-state index contributed by atoms with van der Waals surface area (Å²) >= 11 is 0. The zero-order valence-electron chi connectivity index (χ0n) is 12.8. The fourth-order valence-corrected chi connectivity index (χ4v) is 4.07. The molecule has 21 heavy (non-hydrogen) atoms. The van der Waals surface area contributed by atoms with Gasteiger partial charge in [-0.25, -0.2) is 0 Å². The van der Waals surface area contributed by atoms with Crippen LogP contribution in [0.4, 0.5) is 0 Å². The number of nitrogens with zero attached hydrogens (tertiary/aromatic N) is 1. The molecule has 1 N–H and O–H groups in total. The number of hydrogen-bond acceptors (Lipinski definition) is 3. The van der Waals surface area contributed by atoms with Crippen molar-refractivity contribution in [2.75, 3.05) is 6.61 Å². The van der Waals surface area contributed by atoms with Crippen molar-refractivity contribution in [2.24, 2.45) is 11.8 Å². The standard InChI is InChI=1S/C18H23NO2/c1-13-7-8-18(20,11-14(13)2)17(12-19)9-10-21-16-6-4-3-5-15(16)17/h3-6,13-14,20H,7-11H2,1-2H3. The fourth-order valence-electron chi connectivity index (χ4n) is 4.07. The van der Waals surface area contributed by atoms with E-state index in [2.05, 4.69) is 19.9 Å². The second-order valence-corrected chi connectivity index (χ2v) is 6.84. The van der Waals surface area contributed by atoms with Crippen LogP contribution in [0.1, 0.15) is 45.1 Å². The quantitative estimate of drug-likeness (QED) is 0.860. The van der Waals surface area contributed by atoms with Crippen LogP contribution in [0.5, 0.6) is 5.75 Å². The van der Waals surface area contributed by atoms with E-state index in [1.54, 1.807) is 0 Å². The zero-order chi connectivity index (χ0) is 15.1. The van der Waals surface area contributed by atoms with Crippen molar-refractivity contribution in [3.63, 3.8) is 0 Å². The molecule has 1 aliphatic carbocycles. The maximum Gasteiger partial charge on any atom is 0.124 e. The Balaban J connectivity index is 2.08. The molecule has 1 saturated carbocycles. The molecule has 2 aliphatic rings. The molecule has 1 fully saturated rings. The minimum atomic E-state index is -0.951. The van der Waals surface area contributed by atoms with Crippen LogP contribution in [0, 0.1) is 23.2 Å². The predicted octanol–water partition coefficient (Wildman–Crippen LogP) is 3.42. The van der Waals surface area contributed by atoms with E-state index in [1.165, 1.54) is 0 Å². The second kappa shape index (κ2) is 5.03. The van der Waals surface area contributed by atoms with E-state index in [1.807, 2.05) is 24.3 Å². The van der Waals surface area contributed by atoms with E-state index in [9.17, 15) is 10.4 Å². The van der Waals surface area contributed by atoms with E-state index < -0.39 is 11.0 Å². The van der Waals surface area contributed by atoms with Gasteiger partial charge in [-0.2, -0.15) is 5.26 Å². The molecule has 4 unspecified atom stereocenters. The molecular weight excluding hydrogens is 262 g/mol. The lowest BCUT2D eigenvalue weighted by atomic mass is 9.57. The molecule has 0 aromatic heterocycles. The Hall–Kier alpha value is -1.53. The number of fused-ring (bicyclic) bond motifs is 1. The molecule has 4 atom stereocenters. The van der Waals surface area contributed by atoms with Crippen molar-refractivity contribution in [3.05, 3.63) is 29.8 Å². The van der Waals surface area contributed by atoms with Gasteiger partial charge in [0.25, 0.3) is 0 Å². The smallest absolute Gasteiger partial charge is 0.124 e. The molecule has 3 rings (SSSR count). The van der Waals surface area contributed by atoms with E-state index in [0.29, 0.717) is 37.7 Å². The molecule has 0 saturated heterocycles. The summed E-state index contributed by atoms with van der Waals surface area (Å²) in [4.78, 5) is 0. The molecule has 0 radical (unpaired) electrons. The average Bonchev–Trinajstić information content (AvgIpc) is 2.50. The lowest BCUT2D eigenvalue weighted by molar-refractivity contribution is -0.0833. The van der Waals surface area contributed by atoms with Gasteiger partial charge in [-0.15, -0.1) is 0 Å². The van der Waals surface area contributed by atoms with Gasteiger partial charge >= 0.3 is 0 Å². The van der Waals surface area contributed by atoms with Crippen molar-refractivity contribution < 1.29 is 9.84 Å². The number of rotatable bonds is 1. The summed E-state index contributed by atoms with van der Waals surface area (Å²) in [5, 5.41) is 21.4. The summed E-state index contributed by atoms with van der Waals surface area (Å²) in [5.74, 6) is 1.80. The van der Waals surface area contributed by atoms with Crippen LogP contribution in [0.15, 0.2) is 24.3 Å². The summed E-state index contributed by atoms with van der Waals surface area (Å²) in [6.07, 6.45) is 2.93. The molecule has 1 aliphatic heterocycles. The highest BCUT2D eigenvalue weighted by Crippen LogP contribution is 2.52. The van der Waals surface area contributed by atoms with Gasteiger partial charge in [0.2, 0.25) is 0 Å². The molecule has 0 bridgehead atoms. The second-order valence-electron chi connectivity index (χ2n) is 6.84.